The highest BCUT2D eigenvalue weighted by Gasteiger charge is 2.04. The molecule has 0 aliphatic carbocycles. The highest BCUT2D eigenvalue weighted by molar-refractivity contribution is 5.59. The minimum atomic E-state index is 0.515. The van der Waals surface area contributed by atoms with E-state index >= 15 is 0 Å². The van der Waals surface area contributed by atoms with Crippen molar-refractivity contribution >= 4 is 17.3 Å². The van der Waals surface area contributed by atoms with Crippen molar-refractivity contribution in [3.05, 3.63) is 66.0 Å². The lowest BCUT2D eigenvalue weighted by Gasteiger charge is -2.12. The minimum Gasteiger partial charge on any atom is -0.497 e. The summed E-state index contributed by atoms with van der Waals surface area (Å²) in [5.41, 5.74) is 2.31. The molecule has 0 saturated heterocycles. The minimum absolute atomic E-state index is 0.515. The third kappa shape index (κ3) is 6.10. The maximum atomic E-state index is 5.74. The molecule has 0 amide bonds. The molecule has 2 aromatic carbocycles. The van der Waals surface area contributed by atoms with Crippen LogP contribution in [0.2, 0.25) is 0 Å². The van der Waals surface area contributed by atoms with Crippen LogP contribution in [-0.2, 0) is 0 Å². The summed E-state index contributed by atoms with van der Waals surface area (Å²) in [6, 6.07) is 17.8. The van der Waals surface area contributed by atoms with Crippen molar-refractivity contribution in [3.8, 4) is 11.5 Å². The average molecular weight is 393 g/mol. The second kappa shape index (κ2) is 9.78. The molecule has 6 nitrogen and oxygen atoms in total. The quantitative estimate of drug-likeness (QED) is 0.491. The van der Waals surface area contributed by atoms with Gasteiger partial charge in [0.1, 0.15) is 35.6 Å². The number of rotatable bonds is 9. The van der Waals surface area contributed by atoms with Crippen molar-refractivity contribution in [1.29, 1.82) is 0 Å². The summed E-state index contributed by atoms with van der Waals surface area (Å²) >= 11 is 0. The van der Waals surface area contributed by atoms with E-state index in [1.54, 1.807) is 7.11 Å². The zero-order chi connectivity index (χ0) is 20.6. The number of ether oxygens (including phenoxy) is 2. The molecule has 0 saturated carbocycles. The maximum absolute atomic E-state index is 5.74. The van der Waals surface area contributed by atoms with Crippen LogP contribution in [0.4, 0.5) is 17.3 Å². The molecule has 0 unspecified atom stereocenters. The first kappa shape index (κ1) is 20.5. The van der Waals surface area contributed by atoms with Gasteiger partial charge in [0.25, 0.3) is 0 Å². The van der Waals surface area contributed by atoms with Gasteiger partial charge in [-0.3, -0.25) is 0 Å². The maximum Gasteiger partial charge on any atom is 0.136 e. The Labute approximate surface area is 172 Å². The zero-order valence-corrected chi connectivity index (χ0v) is 17.4. The van der Waals surface area contributed by atoms with Gasteiger partial charge in [0.2, 0.25) is 0 Å². The molecule has 0 bridgehead atoms. The summed E-state index contributed by atoms with van der Waals surface area (Å²) in [5.74, 6) is 4.35. The summed E-state index contributed by atoms with van der Waals surface area (Å²) in [4.78, 5) is 8.92. The van der Waals surface area contributed by atoms with Crippen molar-refractivity contribution in [2.45, 2.75) is 26.7 Å². The van der Waals surface area contributed by atoms with Gasteiger partial charge in [0, 0.05) is 11.8 Å². The lowest BCUT2D eigenvalue weighted by Crippen LogP contribution is -2.13. The molecule has 0 spiro atoms. The number of hydrogen-bond acceptors (Lipinski definition) is 6. The highest BCUT2D eigenvalue weighted by Crippen LogP contribution is 2.21. The molecule has 0 atom stereocenters. The third-order valence-electron chi connectivity index (χ3n) is 4.42. The van der Waals surface area contributed by atoms with Crippen molar-refractivity contribution < 1.29 is 9.47 Å². The van der Waals surface area contributed by atoms with Crippen molar-refractivity contribution in [2.24, 2.45) is 0 Å². The molecule has 0 fully saturated rings. The topological polar surface area (TPSA) is 68.3 Å². The Bertz CT molecular complexity index is 909. The van der Waals surface area contributed by atoms with Gasteiger partial charge < -0.3 is 20.1 Å². The fourth-order valence-corrected chi connectivity index (χ4v) is 2.84. The standard InChI is InChI=1S/C23H28N4O2/c1-16(2)18-5-7-19(8-6-18)27-23-15-22(25-17(3)26-23)24-13-14-29-21-11-9-20(28-4)10-12-21/h5-12,15-16H,13-14H2,1-4H3,(H2,24,25,26,27). The predicted molar refractivity (Wildman–Crippen MR) is 118 cm³/mol. The van der Waals surface area contributed by atoms with E-state index in [1.807, 2.05) is 37.3 Å². The van der Waals surface area contributed by atoms with E-state index in [2.05, 4.69) is 58.7 Å². The fourth-order valence-electron chi connectivity index (χ4n) is 2.84. The van der Waals surface area contributed by atoms with E-state index < -0.39 is 0 Å². The van der Waals surface area contributed by atoms with Gasteiger partial charge in [-0.25, -0.2) is 9.97 Å². The lowest BCUT2D eigenvalue weighted by molar-refractivity contribution is 0.331. The highest BCUT2D eigenvalue weighted by atomic mass is 16.5. The van der Waals surface area contributed by atoms with Crippen molar-refractivity contribution in [1.82, 2.24) is 9.97 Å². The number of anilines is 3. The number of methoxy groups -OCH3 is 1. The van der Waals surface area contributed by atoms with E-state index in [1.165, 1.54) is 5.56 Å². The first-order valence-corrected chi connectivity index (χ1v) is 9.77. The monoisotopic (exact) mass is 392 g/mol. The van der Waals surface area contributed by atoms with Crippen LogP contribution >= 0.6 is 0 Å². The third-order valence-corrected chi connectivity index (χ3v) is 4.42. The summed E-state index contributed by atoms with van der Waals surface area (Å²) in [6.45, 7) is 7.41. The second-order valence-electron chi connectivity index (χ2n) is 7.04. The number of hydrogen-bond donors (Lipinski definition) is 2. The first-order valence-electron chi connectivity index (χ1n) is 9.77. The normalized spacial score (nSPS) is 10.7. The van der Waals surface area contributed by atoms with Gasteiger partial charge in [-0.2, -0.15) is 0 Å². The molecule has 3 aromatic rings. The van der Waals surface area contributed by atoms with Gasteiger partial charge in [-0.15, -0.1) is 0 Å². The Balaban J connectivity index is 1.54. The molecular weight excluding hydrogens is 364 g/mol. The predicted octanol–water partition coefficient (Wildman–Crippen LogP) is 5.15. The van der Waals surface area contributed by atoms with E-state index in [0.29, 0.717) is 24.9 Å². The Morgan fingerprint density at radius 1 is 0.897 bits per heavy atom. The summed E-state index contributed by atoms with van der Waals surface area (Å²) in [6.07, 6.45) is 0. The number of nitrogens with one attached hydrogen (secondary N) is 2. The Morgan fingerprint density at radius 3 is 2.21 bits per heavy atom. The summed E-state index contributed by atoms with van der Waals surface area (Å²) in [7, 11) is 1.65. The van der Waals surface area contributed by atoms with Crippen LogP contribution < -0.4 is 20.1 Å². The van der Waals surface area contributed by atoms with Crippen molar-refractivity contribution in [2.75, 3.05) is 30.9 Å². The largest absolute Gasteiger partial charge is 0.497 e. The second-order valence-corrected chi connectivity index (χ2v) is 7.04. The molecule has 0 radical (unpaired) electrons. The molecule has 152 valence electrons. The van der Waals surface area contributed by atoms with Gasteiger partial charge in [-0.05, 0) is 54.8 Å². The average Bonchev–Trinajstić information content (AvgIpc) is 2.72. The molecule has 6 heteroatoms. The zero-order valence-electron chi connectivity index (χ0n) is 17.4. The van der Waals surface area contributed by atoms with Gasteiger partial charge in [0.05, 0.1) is 13.7 Å². The van der Waals surface area contributed by atoms with Crippen molar-refractivity contribution in [3.63, 3.8) is 0 Å². The first-order chi connectivity index (χ1) is 14.0. The molecule has 3 rings (SSSR count). The molecule has 0 aliphatic rings. The van der Waals surface area contributed by atoms with Gasteiger partial charge in [0.15, 0.2) is 0 Å². The lowest BCUT2D eigenvalue weighted by atomic mass is 10.0. The molecule has 1 heterocycles. The van der Waals surface area contributed by atoms with Gasteiger partial charge in [-0.1, -0.05) is 26.0 Å². The summed E-state index contributed by atoms with van der Waals surface area (Å²) in [5, 5.41) is 6.63. The van der Waals surface area contributed by atoms with Crippen LogP contribution in [0.3, 0.4) is 0 Å². The fraction of sp³-hybridized carbons (Fsp3) is 0.304. The van der Waals surface area contributed by atoms with Crippen LogP contribution in [-0.4, -0.2) is 30.2 Å². The van der Waals surface area contributed by atoms with Crippen LogP contribution in [0.25, 0.3) is 0 Å². The van der Waals surface area contributed by atoms with Crippen LogP contribution in [0.5, 0.6) is 11.5 Å². The molecule has 1 aromatic heterocycles. The van der Waals surface area contributed by atoms with E-state index in [9.17, 15) is 0 Å². The molecule has 2 N–H and O–H groups in total. The van der Waals surface area contributed by atoms with Crippen LogP contribution in [0, 0.1) is 6.92 Å². The Morgan fingerprint density at radius 2 is 1.55 bits per heavy atom. The van der Waals surface area contributed by atoms with Crippen LogP contribution in [0.1, 0.15) is 31.2 Å². The van der Waals surface area contributed by atoms with Crippen LogP contribution in [0.15, 0.2) is 54.6 Å². The van der Waals surface area contributed by atoms with Gasteiger partial charge >= 0.3 is 0 Å². The number of benzene rings is 2. The van der Waals surface area contributed by atoms with E-state index in [-0.39, 0.29) is 0 Å². The number of nitrogens with zero attached hydrogens (tertiary/aromatic N) is 2. The van der Waals surface area contributed by atoms with E-state index in [4.69, 9.17) is 9.47 Å². The molecule has 0 aliphatic heterocycles. The Kier molecular flexibility index (Phi) is 6.89. The smallest absolute Gasteiger partial charge is 0.136 e. The summed E-state index contributed by atoms with van der Waals surface area (Å²) < 4.78 is 10.9. The molecule has 29 heavy (non-hydrogen) atoms. The van der Waals surface area contributed by atoms with E-state index in [0.717, 1.165) is 28.8 Å². The Hall–Kier alpha value is -3.28. The molecular formula is C23H28N4O2. The number of aryl methyl sites for hydroxylation is 1. The number of aromatic nitrogens is 2. The SMILES string of the molecule is COc1ccc(OCCNc2cc(Nc3ccc(C(C)C)cc3)nc(C)n2)cc1.